The molecule has 1 aliphatic rings. The van der Waals surface area contributed by atoms with Crippen molar-refractivity contribution in [3.63, 3.8) is 0 Å². The first-order valence-corrected chi connectivity index (χ1v) is 3.78. The molecule has 0 spiro atoms. The molecule has 0 aliphatic carbocycles. The maximum atomic E-state index is 10.3. The highest BCUT2D eigenvalue weighted by atomic mass is 16.6. The van der Waals surface area contributed by atoms with Gasteiger partial charge in [-0.25, -0.2) is 4.79 Å². The lowest BCUT2D eigenvalue weighted by Gasteiger charge is -2.17. The SMILES string of the molecule is CC(OC(N)=O)C1CCCO1. The minimum Gasteiger partial charge on any atom is -0.444 e. The van der Waals surface area contributed by atoms with E-state index in [-0.39, 0.29) is 12.2 Å². The minimum absolute atomic E-state index is 0.0440. The van der Waals surface area contributed by atoms with Gasteiger partial charge in [0, 0.05) is 6.61 Å². The fourth-order valence-electron chi connectivity index (χ4n) is 1.23. The maximum absolute atomic E-state index is 10.3. The minimum atomic E-state index is -0.729. The van der Waals surface area contributed by atoms with Crippen molar-refractivity contribution in [3.05, 3.63) is 0 Å². The zero-order valence-corrected chi connectivity index (χ0v) is 6.58. The Morgan fingerprint density at radius 2 is 2.55 bits per heavy atom. The predicted octanol–water partition coefficient (Wildman–Crippen LogP) is 0.649. The second-order valence-electron chi connectivity index (χ2n) is 2.69. The van der Waals surface area contributed by atoms with E-state index in [0.29, 0.717) is 0 Å². The second kappa shape index (κ2) is 3.57. The highest BCUT2D eigenvalue weighted by Gasteiger charge is 2.24. The molecule has 4 nitrogen and oxygen atoms in total. The summed E-state index contributed by atoms with van der Waals surface area (Å²) in [5.41, 5.74) is 4.84. The van der Waals surface area contributed by atoms with Crippen LogP contribution in [0.4, 0.5) is 4.79 Å². The van der Waals surface area contributed by atoms with Crippen molar-refractivity contribution in [1.29, 1.82) is 0 Å². The van der Waals surface area contributed by atoms with Crippen molar-refractivity contribution in [2.24, 2.45) is 5.73 Å². The molecule has 0 aromatic carbocycles. The number of carbonyl (C=O) groups excluding carboxylic acids is 1. The first kappa shape index (κ1) is 8.33. The number of amides is 1. The second-order valence-corrected chi connectivity index (χ2v) is 2.69. The molecule has 4 heteroatoms. The first-order chi connectivity index (χ1) is 5.20. The molecule has 0 radical (unpaired) electrons. The van der Waals surface area contributed by atoms with E-state index in [0.717, 1.165) is 19.4 Å². The number of nitrogens with two attached hydrogens (primary N) is 1. The number of carbonyl (C=O) groups is 1. The molecule has 0 saturated carbocycles. The summed E-state index contributed by atoms with van der Waals surface area (Å²) >= 11 is 0. The molecule has 1 saturated heterocycles. The zero-order chi connectivity index (χ0) is 8.27. The van der Waals surface area contributed by atoms with Crippen LogP contribution in [0, 0.1) is 0 Å². The van der Waals surface area contributed by atoms with Crippen molar-refractivity contribution < 1.29 is 14.3 Å². The molecule has 1 heterocycles. The van der Waals surface area contributed by atoms with Crippen LogP contribution in [0.3, 0.4) is 0 Å². The molecule has 1 aliphatic heterocycles. The summed E-state index contributed by atoms with van der Waals surface area (Å²) < 4.78 is 10.0. The average molecular weight is 159 g/mol. The number of primary amides is 1. The quantitative estimate of drug-likeness (QED) is 0.643. The van der Waals surface area contributed by atoms with Crippen molar-refractivity contribution in [2.45, 2.75) is 32.0 Å². The Hall–Kier alpha value is -0.770. The summed E-state index contributed by atoms with van der Waals surface area (Å²) in [6.07, 6.45) is 1.09. The monoisotopic (exact) mass is 159 g/mol. The lowest BCUT2D eigenvalue weighted by Crippen LogP contribution is -2.30. The third-order valence-corrected chi connectivity index (χ3v) is 1.79. The van der Waals surface area contributed by atoms with Gasteiger partial charge in [0.2, 0.25) is 0 Å². The summed E-state index contributed by atoms with van der Waals surface area (Å²) in [5, 5.41) is 0. The number of rotatable bonds is 2. The van der Waals surface area contributed by atoms with Gasteiger partial charge in [-0.15, -0.1) is 0 Å². The molecule has 1 rings (SSSR count). The van der Waals surface area contributed by atoms with E-state index >= 15 is 0 Å². The third-order valence-electron chi connectivity index (χ3n) is 1.79. The van der Waals surface area contributed by atoms with Crippen LogP contribution in [0.25, 0.3) is 0 Å². The van der Waals surface area contributed by atoms with Crippen molar-refractivity contribution in [3.8, 4) is 0 Å². The molecular weight excluding hydrogens is 146 g/mol. The van der Waals surface area contributed by atoms with Crippen LogP contribution < -0.4 is 5.73 Å². The summed E-state index contributed by atoms with van der Waals surface area (Å²) in [5.74, 6) is 0. The molecule has 0 aromatic heterocycles. The van der Waals surface area contributed by atoms with Crippen LogP contribution >= 0.6 is 0 Å². The van der Waals surface area contributed by atoms with E-state index in [9.17, 15) is 4.79 Å². The zero-order valence-electron chi connectivity index (χ0n) is 6.58. The summed E-state index contributed by atoms with van der Waals surface area (Å²) in [6.45, 7) is 2.55. The number of hydrogen-bond donors (Lipinski definition) is 1. The lowest BCUT2D eigenvalue weighted by atomic mass is 10.1. The van der Waals surface area contributed by atoms with E-state index in [1.54, 1.807) is 6.92 Å². The van der Waals surface area contributed by atoms with E-state index in [2.05, 4.69) is 0 Å². The smallest absolute Gasteiger partial charge is 0.404 e. The van der Waals surface area contributed by atoms with Crippen LogP contribution in [0.15, 0.2) is 0 Å². The van der Waals surface area contributed by atoms with Gasteiger partial charge < -0.3 is 15.2 Å². The fraction of sp³-hybridized carbons (Fsp3) is 0.857. The molecule has 0 aromatic rings. The van der Waals surface area contributed by atoms with Crippen LogP contribution in [0.2, 0.25) is 0 Å². The molecule has 2 atom stereocenters. The van der Waals surface area contributed by atoms with Gasteiger partial charge in [-0.05, 0) is 19.8 Å². The molecule has 64 valence electrons. The van der Waals surface area contributed by atoms with Crippen LogP contribution in [-0.2, 0) is 9.47 Å². The Bertz CT molecular complexity index is 143. The fourth-order valence-corrected chi connectivity index (χ4v) is 1.23. The van der Waals surface area contributed by atoms with E-state index < -0.39 is 6.09 Å². The van der Waals surface area contributed by atoms with Gasteiger partial charge in [-0.3, -0.25) is 0 Å². The van der Waals surface area contributed by atoms with Gasteiger partial charge in [0.1, 0.15) is 6.10 Å². The number of hydrogen-bond acceptors (Lipinski definition) is 3. The summed E-state index contributed by atoms with van der Waals surface area (Å²) in [4.78, 5) is 10.3. The third kappa shape index (κ3) is 2.38. The predicted molar refractivity (Wildman–Crippen MR) is 39.1 cm³/mol. The van der Waals surface area contributed by atoms with Gasteiger partial charge in [0.05, 0.1) is 6.10 Å². The van der Waals surface area contributed by atoms with Crippen LogP contribution in [0.5, 0.6) is 0 Å². The van der Waals surface area contributed by atoms with E-state index in [1.165, 1.54) is 0 Å². The van der Waals surface area contributed by atoms with Crippen molar-refractivity contribution >= 4 is 6.09 Å². The molecule has 1 fully saturated rings. The van der Waals surface area contributed by atoms with E-state index in [1.807, 2.05) is 0 Å². The Morgan fingerprint density at radius 3 is 3.00 bits per heavy atom. The van der Waals surface area contributed by atoms with Gasteiger partial charge in [0.15, 0.2) is 0 Å². The molecule has 1 amide bonds. The largest absolute Gasteiger partial charge is 0.444 e. The van der Waals surface area contributed by atoms with Gasteiger partial charge in [-0.2, -0.15) is 0 Å². The van der Waals surface area contributed by atoms with Crippen molar-refractivity contribution in [2.75, 3.05) is 6.61 Å². The van der Waals surface area contributed by atoms with Crippen molar-refractivity contribution in [1.82, 2.24) is 0 Å². The normalized spacial score (nSPS) is 26.5. The lowest BCUT2D eigenvalue weighted by molar-refractivity contribution is -0.00123. The van der Waals surface area contributed by atoms with Crippen LogP contribution in [0.1, 0.15) is 19.8 Å². The highest BCUT2D eigenvalue weighted by molar-refractivity contribution is 5.64. The molecular formula is C7H13NO3. The standard InChI is InChI=1S/C7H13NO3/c1-5(11-7(8)9)6-3-2-4-10-6/h5-6H,2-4H2,1H3,(H2,8,9). The van der Waals surface area contributed by atoms with Gasteiger partial charge >= 0.3 is 6.09 Å². The summed E-state index contributed by atoms with van der Waals surface area (Å²) in [7, 11) is 0. The van der Waals surface area contributed by atoms with E-state index in [4.69, 9.17) is 15.2 Å². The molecule has 2 N–H and O–H groups in total. The Labute approximate surface area is 65.7 Å². The Morgan fingerprint density at radius 1 is 1.82 bits per heavy atom. The first-order valence-electron chi connectivity index (χ1n) is 3.78. The Kier molecular flexibility index (Phi) is 2.70. The van der Waals surface area contributed by atoms with Crippen LogP contribution in [-0.4, -0.2) is 24.9 Å². The Balaban J connectivity index is 2.28. The molecule has 11 heavy (non-hydrogen) atoms. The average Bonchev–Trinajstić information content (AvgIpc) is 2.35. The highest BCUT2D eigenvalue weighted by Crippen LogP contribution is 2.17. The molecule has 0 bridgehead atoms. The maximum Gasteiger partial charge on any atom is 0.404 e. The van der Waals surface area contributed by atoms with Gasteiger partial charge in [-0.1, -0.05) is 0 Å². The number of ether oxygens (including phenoxy) is 2. The van der Waals surface area contributed by atoms with Gasteiger partial charge in [0.25, 0.3) is 0 Å². The topological polar surface area (TPSA) is 61.5 Å². The molecule has 2 unspecified atom stereocenters. The summed E-state index contributed by atoms with van der Waals surface area (Å²) in [6, 6.07) is 0.